The molecule has 1 aromatic rings. The van der Waals surface area contributed by atoms with E-state index in [1.807, 2.05) is 18.2 Å². The van der Waals surface area contributed by atoms with Crippen molar-refractivity contribution in [2.75, 3.05) is 24.6 Å². The summed E-state index contributed by atoms with van der Waals surface area (Å²) in [5.74, 6) is -1.34. The van der Waals surface area contributed by atoms with Crippen molar-refractivity contribution in [3.8, 4) is 0 Å². The molecule has 0 radical (unpaired) electrons. The van der Waals surface area contributed by atoms with Crippen LogP contribution in [0, 0.1) is 5.92 Å². The molecule has 3 rings (SSSR count). The maximum Gasteiger partial charge on any atom is 0.334 e. The summed E-state index contributed by atoms with van der Waals surface area (Å²) in [5.41, 5.74) is 2.79. The highest BCUT2D eigenvalue weighted by atomic mass is 16.5. The lowest BCUT2D eigenvalue weighted by Gasteiger charge is -2.37. The first-order chi connectivity index (χ1) is 20.0. The number of fused-ring (bicyclic) bond motifs is 1. The van der Waals surface area contributed by atoms with E-state index in [4.69, 9.17) is 4.74 Å². The fourth-order valence-corrected chi connectivity index (χ4v) is 5.75. The number of unbranched alkanes of at least 4 members (excludes halogenated alkanes) is 2. The molecule has 0 aliphatic carbocycles. The number of anilines is 1. The summed E-state index contributed by atoms with van der Waals surface area (Å²) in [6, 6.07) is 7.26. The fourth-order valence-electron chi connectivity index (χ4n) is 5.75. The summed E-state index contributed by atoms with van der Waals surface area (Å²) in [4.78, 5) is 56.7. The maximum absolute atomic E-state index is 13.7. The van der Waals surface area contributed by atoms with Crippen LogP contribution >= 0.6 is 0 Å². The molecule has 0 saturated carbocycles. The molecule has 1 saturated heterocycles. The van der Waals surface area contributed by atoms with Gasteiger partial charge < -0.3 is 9.64 Å². The number of para-hydroxylation sites is 1. The lowest BCUT2D eigenvalue weighted by Crippen LogP contribution is -2.59. The molecule has 2 heterocycles. The van der Waals surface area contributed by atoms with Gasteiger partial charge in [-0.05, 0) is 62.8 Å². The van der Waals surface area contributed by atoms with Crippen LogP contribution in [0.5, 0.6) is 0 Å². The summed E-state index contributed by atoms with van der Waals surface area (Å²) >= 11 is 0. The average molecular weight is 578 g/mol. The normalized spacial score (nSPS) is 19.2. The molecule has 0 bridgehead atoms. The lowest BCUT2D eigenvalue weighted by atomic mass is 9.83. The summed E-state index contributed by atoms with van der Waals surface area (Å²) in [6.07, 6.45) is 9.92. The number of benzene rings is 1. The Balaban J connectivity index is 1.96. The standard InChI is InChI=1S/C34H47N3O5/c1-8-11-16-25(9-2)23-36-31(39)26(32(40)37(24(4)5)33(36)41)19-20-29-34(6,7)27-17-12-13-18-28(27)35(29)21-14-15-22-42-30(38)10-3/h10,12-13,17-20,24-25H,3,8-9,11,14-16,21-23H2,1-2,4-7H3/b26-19+,29-20+. The van der Waals surface area contributed by atoms with Crippen molar-refractivity contribution in [3.05, 3.63) is 65.9 Å². The van der Waals surface area contributed by atoms with Gasteiger partial charge in [0.05, 0.1) is 6.61 Å². The van der Waals surface area contributed by atoms with Crippen molar-refractivity contribution >= 4 is 29.5 Å². The van der Waals surface area contributed by atoms with E-state index in [1.54, 1.807) is 19.9 Å². The van der Waals surface area contributed by atoms with Gasteiger partial charge in [0.2, 0.25) is 0 Å². The Morgan fingerprint density at radius 3 is 2.36 bits per heavy atom. The van der Waals surface area contributed by atoms with E-state index in [9.17, 15) is 19.2 Å². The topological polar surface area (TPSA) is 87.2 Å². The van der Waals surface area contributed by atoms with Crippen LogP contribution in [-0.2, 0) is 24.5 Å². The predicted molar refractivity (Wildman–Crippen MR) is 166 cm³/mol. The highest BCUT2D eigenvalue weighted by Gasteiger charge is 2.44. The number of imide groups is 2. The predicted octanol–water partition coefficient (Wildman–Crippen LogP) is 6.52. The third kappa shape index (κ3) is 7.02. The van der Waals surface area contributed by atoms with E-state index in [0.717, 1.165) is 55.1 Å². The molecule has 1 unspecified atom stereocenters. The first-order valence-corrected chi connectivity index (χ1v) is 15.3. The van der Waals surface area contributed by atoms with Crippen LogP contribution in [0.2, 0.25) is 0 Å². The van der Waals surface area contributed by atoms with E-state index < -0.39 is 23.8 Å². The van der Waals surface area contributed by atoms with Gasteiger partial charge in [-0.15, -0.1) is 0 Å². The molecule has 0 spiro atoms. The van der Waals surface area contributed by atoms with Crippen molar-refractivity contribution in [1.82, 2.24) is 9.80 Å². The van der Waals surface area contributed by atoms with Gasteiger partial charge in [0.25, 0.3) is 11.8 Å². The fraction of sp³-hybridized carbons (Fsp3) is 0.529. The van der Waals surface area contributed by atoms with E-state index >= 15 is 0 Å². The zero-order valence-corrected chi connectivity index (χ0v) is 26.2. The van der Waals surface area contributed by atoms with Gasteiger partial charge in [-0.1, -0.05) is 71.7 Å². The Kier molecular flexibility index (Phi) is 11.3. The van der Waals surface area contributed by atoms with Crippen LogP contribution in [0.1, 0.15) is 85.6 Å². The van der Waals surface area contributed by atoms with Crippen LogP contribution in [0.4, 0.5) is 10.5 Å². The molecule has 1 atom stereocenters. The van der Waals surface area contributed by atoms with Gasteiger partial charge in [0.1, 0.15) is 5.57 Å². The quantitative estimate of drug-likeness (QED) is 0.108. The van der Waals surface area contributed by atoms with Crippen LogP contribution in [0.15, 0.2) is 60.3 Å². The zero-order valence-electron chi connectivity index (χ0n) is 26.2. The monoisotopic (exact) mass is 577 g/mol. The second-order valence-corrected chi connectivity index (χ2v) is 11.9. The summed E-state index contributed by atoms with van der Waals surface area (Å²) in [6.45, 7) is 16.7. The average Bonchev–Trinajstić information content (AvgIpc) is 3.17. The summed E-state index contributed by atoms with van der Waals surface area (Å²) in [7, 11) is 0. The molecular weight excluding hydrogens is 530 g/mol. The van der Waals surface area contributed by atoms with Crippen LogP contribution < -0.4 is 4.90 Å². The van der Waals surface area contributed by atoms with Gasteiger partial charge in [-0.2, -0.15) is 0 Å². The van der Waals surface area contributed by atoms with Gasteiger partial charge in [-0.3, -0.25) is 19.4 Å². The molecule has 8 nitrogen and oxygen atoms in total. The van der Waals surface area contributed by atoms with Gasteiger partial charge in [0, 0.05) is 42.0 Å². The molecule has 0 aromatic heterocycles. The maximum atomic E-state index is 13.7. The number of esters is 1. The number of amides is 4. The molecule has 1 fully saturated rings. The van der Waals surface area contributed by atoms with Gasteiger partial charge in [0.15, 0.2) is 0 Å². The molecule has 2 aliphatic heterocycles. The Hall–Kier alpha value is -3.68. The molecule has 2 aliphatic rings. The second-order valence-electron chi connectivity index (χ2n) is 11.9. The number of nitrogens with zero attached hydrogens (tertiary/aromatic N) is 3. The first-order valence-electron chi connectivity index (χ1n) is 15.3. The first kappa shape index (κ1) is 32.8. The Labute approximate surface area is 251 Å². The number of carbonyl (C=O) groups excluding carboxylic acids is 4. The molecule has 228 valence electrons. The number of urea groups is 1. The van der Waals surface area contributed by atoms with Gasteiger partial charge in [-0.25, -0.2) is 9.59 Å². The minimum atomic E-state index is -0.557. The summed E-state index contributed by atoms with van der Waals surface area (Å²) in [5, 5.41) is 0. The lowest BCUT2D eigenvalue weighted by molar-refractivity contribution is -0.138. The molecular formula is C34H47N3O5. The largest absolute Gasteiger partial charge is 0.463 e. The number of rotatable bonds is 14. The van der Waals surface area contributed by atoms with E-state index in [0.29, 0.717) is 26.1 Å². The minimum absolute atomic E-state index is 0.00388. The second kappa shape index (κ2) is 14.5. The van der Waals surface area contributed by atoms with Crippen LogP contribution in [0.3, 0.4) is 0 Å². The highest BCUT2D eigenvalue weighted by molar-refractivity contribution is 6.29. The number of hydrogen-bond acceptors (Lipinski definition) is 6. The van der Waals surface area contributed by atoms with E-state index in [-0.39, 0.29) is 22.9 Å². The van der Waals surface area contributed by atoms with Crippen molar-refractivity contribution in [3.63, 3.8) is 0 Å². The number of allylic oxidation sites excluding steroid dienone is 3. The van der Waals surface area contributed by atoms with Crippen molar-refractivity contribution in [2.24, 2.45) is 5.92 Å². The molecule has 1 aromatic carbocycles. The Bertz CT molecular complexity index is 1250. The molecule has 8 heteroatoms. The van der Waals surface area contributed by atoms with Crippen molar-refractivity contribution in [1.29, 1.82) is 0 Å². The number of hydrogen-bond donors (Lipinski definition) is 0. The highest BCUT2D eigenvalue weighted by Crippen LogP contribution is 2.47. The SMILES string of the molecule is C=CC(=O)OCCCCN1/C(=C/C=C2\C(=O)N(CC(CC)CCCC)C(=O)N(C(C)C)C2=O)C(C)(C)c2ccccc21. The van der Waals surface area contributed by atoms with Crippen molar-refractivity contribution in [2.45, 2.75) is 91.5 Å². The Morgan fingerprint density at radius 1 is 1.00 bits per heavy atom. The number of barbiturate groups is 1. The minimum Gasteiger partial charge on any atom is -0.463 e. The number of carbonyl (C=O) groups is 4. The molecule has 0 N–H and O–H groups in total. The van der Waals surface area contributed by atoms with Gasteiger partial charge >= 0.3 is 12.0 Å². The third-order valence-corrected chi connectivity index (χ3v) is 8.26. The smallest absolute Gasteiger partial charge is 0.334 e. The Morgan fingerprint density at radius 2 is 1.71 bits per heavy atom. The van der Waals surface area contributed by atoms with Crippen LogP contribution in [0.25, 0.3) is 0 Å². The zero-order chi connectivity index (χ0) is 31.0. The van der Waals surface area contributed by atoms with Crippen LogP contribution in [-0.4, -0.2) is 59.4 Å². The van der Waals surface area contributed by atoms with Crippen molar-refractivity contribution < 1.29 is 23.9 Å². The molecule has 4 amide bonds. The third-order valence-electron chi connectivity index (χ3n) is 8.26. The summed E-state index contributed by atoms with van der Waals surface area (Å²) < 4.78 is 5.14. The van der Waals surface area contributed by atoms with E-state index in [2.05, 4.69) is 51.3 Å². The van der Waals surface area contributed by atoms with E-state index in [1.165, 1.54) is 9.80 Å². The molecule has 42 heavy (non-hydrogen) atoms. The number of ether oxygens (including phenoxy) is 1.